The standard InChI is InChI=1S/C15H11FN6OS/c1-8-6-9(2-3-10(8)16)14-19-21-22(20-14)7-12-17-11-4-5-24-13(11)15(23)18-12/h2-6H,7H2,1H3,(H,17,18,23). The first-order valence-corrected chi connectivity index (χ1v) is 7.99. The fraction of sp³-hybridized carbons (Fsp3) is 0.133. The number of aryl methyl sites for hydroxylation is 1. The van der Waals surface area contributed by atoms with E-state index in [1.54, 1.807) is 25.1 Å². The molecule has 9 heteroatoms. The number of thiophene rings is 1. The molecule has 0 atom stereocenters. The first-order valence-electron chi connectivity index (χ1n) is 7.11. The summed E-state index contributed by atoms with van der Waals surface area (Å²) in [6.07, 6.45) is 0. The van der Waals surface area contributed by atoms with Crippen molar-refractivity contribution in [3.05, 3.63) is 57.2 Å². The van der Waals surface area contributed by atoms with Gasteiger partial charge in [0.25, 0.3) is 5.56 Å². The maximum atomic E-state index is 13.3. The highest BCUT2D eigenvalue weighted by Gasteiger charge is 2.10. The van der Waals surface area contributed by atoms with E-state index in [1.165, 1.54) is 22.2 Å². The van der Waals surface area contributed by atoms with Crippen molar-refractivity contribution < 1.29 is 4.39 Å². The molecule has 4 rings (SSSR count). The van der Waals surface area contributed by atoms with E-state index in [2.05, 4.69) is 25.4 Å². The van der Waals surface area contributed by atoms with Gasteiger partial charge in [0.05, 0.1) is 5.52 Å². The lowest BCUT2D eigenvalue weighted by Gasteiger charge is -2.00. The normalized spacial score (nSPS) is 11.2. The van der Waals surface area contributed by atoms with Gasteiger partial charge in [-0.25, -0.2) is 9.37 Å². The van der Waals surface area contributed by atoms with E-state index in [0.29, 0.717) is 33.0 Å². The van der Waals surface area contributed by atoms with Crippen LogP contribution in [0.2, 0.25) is 0 Å². The van der Waals surface area contributed by atoms with Crippen LogP contribution in [0.3, 0.4) is 0 Å². The average molecular weight is 342 g/mol. The lowest BCUT2D eigenvalue weighted by atomic mass is 10.1. The molecule has 120 valence electrons. The summed E-state index contributed by atoms with van der Waals surface area (Å²) in [5.41, 5.74) is 1.65. The zero-order chi connectivity index (χ0) is 16.7. The minimum absolute atomic E-state index is 0.181. The fourth-order valence-corrected chi connectivity index (χ4v) is 3.07. The molecule has 0 spiro atoms. The van der Waals surface area contributed by atoms with Crippen molar-refractivity contribution in [1.82, 2.24) is 30.2 Å². The van der Waals surface area contributed by atoms with Gasteiger partial charge in [-0.05, 0) is 47.3 Å². The van der Waals surface area contributed by atoms with Gasteiger partial charge < -0.3 is 4.98 Å². The van der Waals surface area contributed by atoms with E-state index < -0.39 is 0 Å². The summed E-state index contributed by atoms with van der Waals surface area (Å²) >= 11 is 1.35. The van der Waals surface area contributed by atoms with E-state index in [1.807, 2.05) is 5.38 Å². The Morgan fingerprint density at radius 1 is 1.33 bits per heavy atom. The zero-order valence-electron chi connectivity index (χ0n) is 12.5. The Balaban J connectivity index is 1.64. The largest absolute Gasteiger partial charge is 0.308 e. The first-order chi connectivity index (χ1) is 11.6. The lowest BCUT2D eigenvalue weighted by molar-refractivity contribution is 0.555. The minimum Gasteiger partial charge on any atom is -0.308 e. The molecule has 0 radical (unpaired) electrons. The first kappa shape index (κ1) is 14.6. The van der Waals surface area contributed by atoms with Crippen molar-refractivity contribution in [2.24, 2.45) is 0 Å². The molecular formula is C15H11FN6OS. The molecule has 0 aliphatic carbocycles. The smallest absolute Gasteiger partial charge is 0.268 e. The van der Waals surface area contributed by atoms with Gasteiger partial charge in [-0.15, -0.1) is 21.5 Å². The molecule has 1 aromatic carbocycles. The Labute approximate surface area is 138 Å². The second-order valence-corrected chi connectivity index (χ2v) is 6.17. The van der Waals surface area contributed by atoms with Crippen molar-refractivity contribution in [3.8, 4) is 11.4 Å². The topological polar surface area (TPSA) is 89.4 Å². The van der Waals surface area contributed by atoms with Crippen molar-refractivity contribution in [2.45, 2.75) is 13.5 Å². The van der Waals surface area contributed by atoms with E-state index in [4.69, 9.17) is 0 Å². The molecule has 4 aromatic rings. The Bertz CT molecular complexity index is 1100. The van der Waals surface area contributed by atoms with Gasteiger partial charge in [0.15, 0.2) is 0 Å². The van der Waals surface area contributed by atoms with Gasteiger partial charge in [0.1, 0.15) is 22.9 Å². The SMILES string of the molecule is Cc1cc(-c2nnn(Cc3nc4ccsc4c(=O)[nH]3)n2)ccc1F. The number of halogens is 1. The second-order valence-electron chi connectivity index (χ2n) is 5.25. The van der Waals surface area contributed by atoms with Crippen LogP contribution < -0.4 is 5.56 Å². The molecule has 3 aromatic heterocycles. The molecule has 24 heavy (non-hydrogen) atoms. The van der Waals surface area contributed by atoms with Crippen LogP contribution in [-0.4, -0.2) is 30.2 Å². The molecule has 0 saturated heterocycles. The summed E-state index contributed by atoms with van der Waals surface area (Å²) in [6.45, 7) is 1.86. The molecule has 0 saturated carbocycles. The van der Waals surface area contributed by atoms with Crippen LogP contribution in [0.25, 0.3) is 21.6 Å². The van der Waals surface area contributed by atoms with Gasteiger partial charge in [0.2, 0.25) is 5.82 Å². The number of aromatic amines is 1. The van der Waals surface area contributed by atoms with E-state index >= 15 is 0 Å². The van der Waals surface area contributed by atoms with Crippen molar-refractivity contribution in [3.63, 3.8) is 0 Å². The zero-order valence-corrected chi connectivity index (χ0v) is 13.3. The number of rotatable bonds is 3. The minimum atomic E-state index is -0.281. The number of benzene rings is 1. The maximum Gasteiger partial charge on any atom is 0.268 e. The molecule has 0 unspecified atom stereocenters. The molecular weight excluding hydrogens is 331 g/mol. The Morgan fingerprint density at radius 2 is 2.21 bits per heavy atom. The second kappa shape index (κ2) is 5.60. The summed E-state index contributed by atoms with van der Waals surface area (Å²) in [5, 5.41) is 14.0. The van der Waals surface area contributed by atoms with E-state index in [0.717, 1.165) is 0 Å². The summed E-state index contributed by atoms with van der Waals surface area (Å²) < 4.78 is 13.9. The van der Waals surface area contributed by atoms with Crippen molar-refractivity contribution in [1.29, 1.82) is 0 Å². The summed E-state index contributed by atoms with van der Waals surface area (Å²) in [6, 6.07) is 6.42. The van der Waals surface area contributed by atoms with Crippen LogP contribution in [0.4, 0.5) is 4.39 Å². The fourth-order valence-electron chi connectivity index (χ4n) is 2.34. The number of aromatic nitrogens is 6. The number of nitrogens with zero attached hydrogens (tertiary/aromatic N) is 5. The van der Waals surface area contributed by atoms with Gasteiger partial charge in [0, 0.05) is 5.56 Å². The number of nitrogens with one attached hydrogen (secondary N) is 1. The van der Waals surface area contributed by atoms with Gasteiger partial charge in [-0.1, -0.05) is 0 Å². The van der Waals surface area contributed by atoms with Gasteiger partial charge in [-0.3, -0.25) is 4.79 Å². The Kier molecular flexibility index (Phi) is 3.42. The lowest BCUT2D eigenvalue weighted by Crippen LogP contribution is -2.14. The highest BCUT2D eigenvalue weighted by molar-refractivity contribution is 7.17. The quantitative estimate of drug-likeness (QED) is 0.616. The molecule has 0 aliphatic heterocycles. The summed E-state index contributed by atoms with van der Waals surface area (Å²) in [5.74, 6) is 0.555. The van der Waals surface area contributed by atoms with E-state index in [-0.39, 0.29) is 17.9 Å². The van der Waals surface area contributed by atoms with Crippen LogP contribution in [0.1, 0.15) is 11.4 Å². The van der Waals surface area contributed by atoms with Crippen LogP contribution >= 0.6 is 11.3 Å². The number of tetrazole rings is 1. The molecule has 3 heterocycles. The monoisotopic (exact) mass is 342 g/mol. The molecule has 0 amide bonds. The van der Waals surface area contributed by atoms with E-state index in [9.17, 15) is 9.18 Å². The van der Waals surface area contributed by atoms with Crippen molar-refractivity contribution in [2.75, 3.05) is 0 Å². The summed E-state index contributed by atoms with van der Waals surface area (Å²) in [7, 11) is 0. The van der Waals surface area contributed by atoms with Crippen molar-refractivity contribution >= 4 is 21.6 Å². The predicted octanol–water partition coefficient (Wildman–Crippen LogP) is 2.13. The highest BCUT2D eigenvalue weighted by atomic mass is 32.1. The van der Waals surface area contributed by atoms with Crippen LogP contribution in [0, 0.1) is 12.7 Å². The van der Waals surface area contributed by atoms with Crippen LogP contribution in [-0.2, 0) is 6.54 Å². The predicted molar refractivity (Wildman–Crippen MR) is 87.3 cm³/mol. The number of hydrogen-bond donors (Lipinski definition) is 1. The Morgan fingerprint density at radius 3 is 3.04 bits per heavy atom. The Hall–Kier alpha value is -2.94. The van der Waals surface area contributed by atoms with Gasteiger partial charge >= 0.3 is 0 Å². The highest BCUT2D eigenvalue weighted by Crippen LogP contribution is 2.18. The third-order valence-electron chi connectivity index (χ3n) is 3.52. The maximum absolute atomic E-state index is 13.3. The van der Waals surface area contributed by atoms with Gasteiger partial charge in [-0.2, -0.15) is 4.80 Å². The third kappa shape index (κ3) is 2.58. The van der Waals surface area contributed by atoms with Crippen LogP contribution in [0.15, 0.2) is 34.4 Å². The number of hydrogen-bond acceptors (Lipinski definition) is 6. The average Bonchev–Trinajstić information content (AvgIpc) is 3.19. The molecule has 0 fully saturated rings. The summed E-state index contributed by atoms with van der Waals surface area (Å²) in [4.78, 5) is 20.4. The third-order valence-corrected chi connectivity index (χ3v) is 4.43. The molecule has 0 bridgehead atoms. The molecule has 0 aliphatic rings. The number of fused-ring (bicyclic) bond motifs is 1. The van der Waals surface area contributed by atoms with Crippen LogP contribution in [0.5, 0.6) is 0 Å². The molecule has 7 nitrogen and oxygen atoms in total. The molecule has 1 N–H and O–H groups in total. The number of H-pyrrole nitrogens is 1.